The van der Waals surface area contributed by atoms with Gasteiger partial charge < -0.3 is 53.6 Å². The molecule has 1 aliphatic carbocycles. The molecule has 3 amide bonds. The van der Waals surface area contributed by atoms with Crippen molar-refractivity contribution in [2.75, 3.05) is 128 Å². The Hall–Kier alpha value is -5.14. The van der Waals surface area contributed by atoms with E-state index in [0.717, 1.165) is 50.1 Å². The van der Waals surface area contributed by atoms with Gasteiger partial charge in [0.25, 0.3) is 5.91 Å². The van der Waals surface area contributed by atoms with Crippen LogP contribution in [0.3, 0.4) is 0 Å². The molecule has 12 rings (SSSR count). The van der Waals surface area contributed by atoms with Crippen LogP contribution in [0, 0.1) is 11.3 Å². The molecule has 0 radical (unpaired) electrons. The number of alkyl halides is 3. The van der Waals surface area contributed by atoms with E-state index in [-0.39, 0.29) is 55.2 Å². The Morgan fingerprint density at radius 1 is 0.938 bits per heavy atom. The van der Waals surface area contributed by atoms with Crippen LogP contribution in [0.15, 0.2) is 30.5 Å². The molecule has 20 nitrogen and oxygen atoms in total. The van der Waals surface area contributed by atoms with Gasteiger partial charge in [-0.1, -0.05) is 26.7 Å². The smallest absolute Gasteiger partial charge is 0.406 e. The van der Waals surface area contributed by atoms with Crippen molar-refractivity contribution in [3.8, 4) is 11.3 Å². The monoisotopic (exact) mass is 1130 g/mol. The van der Waals surface area contributed by atoms with Gasteiger partial charge >= 0.3 is 12.1 Å². The zero-order valence-electron chi connectivity index (χ0n) is 47.3. The molecule has 1 aromatic carbocycles. The number of aromatic nitrogens is 2. The quantitative estimate of drug-likeness (QED) is 0.196. The maximum absolute atomic E-state index is 15.3. The number of methoxy groups -OCH3 is 1. The molecular formula is C58H80F3N11O9. The first-order valence-electron chi connectivity index (χ1n) is 29.5. The molecule has 9 aliphatic rings. The molecule has 1 unspecified atom stereocenters. The van der Waals surface area contributed by atoms with Crippen molar-refractivity contribution in [2.24, 2.45) is 11.3 Å². The van der Waals surface area contributed by atoms with Gasteiger partial charge in [0.05, 0.1) is 99.7 Å². The third-order valence-corrected chi connectivity index (χ3v) is 18.6. The molecule has 3 N–H and O–H groups in total. The Bertz CT molecular complexity index is 2840. The summed E-state index contributed by atoms with van der Waals surface area (Å²) < 4.78 is 78.0. The highest BCUT2D eigenvalue weighted by Gasteiger charge is 2.54. The number of pyridine rings is 1. The van der Waals surface area contributed by atoms with Crippen LogP contribution in [0.4, 0.5) is 24.5 Å². The Morgan fingerprint density at radius 3 is 2.52 bits per heavy atom. The first-order chi connectivity index (χ1) is 38.9. The van der Waals surface area contributed by atoms with E-state index in [1.807, 2.05) is 43.9 Å². The number of hydrogen-bond donors (Lipinski definition) is 3. The van der Waals surface area contributed by atoms with Crippen molar-refractivity contribution >= 4 is 46.0 Å². The lowest BCUT2D eigenvalue weighted by atomic mass is 9.84. The lowest BCUT2D eigenvalue weighted by molar-refractivity contribution is -0.197. The summed E-state index contributed by atoms with van der Waals surface area (Å²) in [6, 6.07) is 5.14. The second-order valence-corrected chi connectivity index (χ2v) is 25.1. The summed E-state index contributed by atoms with van der Waals surface area (Å²) in [5.41, 5.74) is 5.81. The average molecular weight is 1130 g/mol. The van der Waals surface area contributed by atoms with Gasteiger partial charge in [0, 0.05) is 107 Å². The fourth-order valence-electron chi connectivity index (χ4n) is 14.2. The third-order valence-electron chi connectivity index (χ3n) is 18.6. The van der Waals surface area contributed by atoms with Gasteiger partial charge in [0.2, 0.25) is 11.8 Å². The summed E-state index contributed by atoms with van der Waals surface area (Å²) in [7, 11) is 1.57. The molecule has 10 heterocycles. The number of cyclic esters (lactones) is 1. The van der Waals surface area contributed by atoms with Crippen LogP contribution in [-0.2, 0) is 55.8 Å². The summed E-state index contributed by atoms with van der Waals surface area (Å²) in [6.45, 7) is 13.2. The molecule has 6 bridgehead atoms. The minimum atomic E-state index is -4.61. The number of ether oxygens (including phenoxy) is 5. The highest BCUT2D eigenvalue weighted by Crippen LogP contribution is 2.45. The average Bonchev–Trinajstić information content (AvgIpc) is 4.34. The van der Waals surface area contributed by atoms with Gasteiger partial charge in [0.1, 0.15) is 24.2 Å². The molecule has 81 heavy (non-hydrogen) atoms. The number of fused-ring (bicyclic) bond motifs is 7. The Kier molecular flexibility index (Phi) is 15.9. The van der Waals surface area contributed by atoms with Gasteiger partial charge in [-0.2, -0.15) is 13.2 Å². The van der Waals surface area contributed by atoms with Crippen LogP contribution in [0.5, 0.6) is 0 Å². The number of carbonyl (C=O) groups excluding carboxylic acids is 4. The lowest BCUT2D eigenvalue weighted by Gasteiger charge is -2.55. The van der Waals surface area contributed by atoms with E-state index >= 15 is 22.8 Å². The molecule has 23 heteroatoms. The van der Waals surface area contributed by atoms with E-state index in [2.05, 4.69) is 35.7 Å². The number of benzene rings is 1. The number of hydrogen-bond acceptors (Lipinski definition) is 16. The molecule has 442 valence electrons. The molecule has 8 fully saturated rings. The van der Waals surface area contributed by atoms with Crippen molar-refractivity contribution in [1.82, 2.24) is 45.3 Å². The summed E-state index contributed by atoms with van der Waals surface area (Å²) in [5.74, 6) is -1.07. The minimum Gasteiger partial charge on any atom is -0.464 e. The number of piperazine rings is 1. The molecule has 1 spiro atoms. The number of anilines is 2. The van der Waals surface area contributed by atoms with Gasteiger partial charge in [0.15, 0.2) is 0 Å². The van der Waals surface area contributed by atoms with Crippen LogP contribution in [0.25, 0.3) is 22.2 Å². The van der Waals surface area contributed by atoms with Crippen molar-refractivity contribution in [2.45, 2.75) is 133 Å². The molecular weight excluding hydrogens is 1050 g/mol. The predicted octanol–water partition coefficient (Wildman–Crippen LogP) is 3.64. The number of halogens is 3. The number of nitrogens with zero attached hydrogens (tertiary/aromatic N) is 8. The summed E-state index contributed by atoms with van der Waals surface area (Å²) in [5, 5.41) is 8.44. The first-order valence-corrected chi connectivity index (χ1v) is 29.5. The second kappa shape index (κ2) is 22.8. The molecule has 8 aliphatic heterocycles. The van der Waals surface area contributed by atoms with Crippen LogP contribution in [0.2, 0.25) is 0 Å². The minimum absolute atomic E-state index is 0.0512. The highest BCUT2D eigenvalue weighted by atomic mass is 19.4. The largest absolute Gasteiger partial charge is 0.464 e. The highest BCUT2D eigenvalue weighted by molar-refractivity contribution is 5.95. The number of amides is 3. The van der Waals surface area contributed by atoms with Crippen molar-refractivity contribution in [3.05, 3.63) is 41.7 Å². The third kappa shape index (κ3) is 11.9. The van der Waals surface area contributed by atoms with E-state index < -0.39 is 60.0 Å². The number of esters is 1. The Labute approximate surface area is 471 Å². The Balaban J connectivity index is 0.900. The zero-order valence-corrected chi connectivity index (χ0v) is 47.3. The van der Waals surface area contributed by atoms with Crippen LogP contribution in [-0.4, -0.2) is 220 Å². The van der Waals surface area contributed by atoms with E-state index in [9.17, 15) is 9.59 Å². The molecule has 7 atom stereocenters. The Morgan fingerprint density at radius 2 is 1.74 bits per heavy atom. The maximum Gasteiger partial charge on any atom is 0.406 e. The van der Waals surface area contributed by atoms with Crippen LogP contribution in [0.1, 0.15) is 83.1 Å². The fraction of sp³-hybridized carbons (Fsp3) is 0.707. The van der Waals surface area contributed by atoms with E-state index in [1.54, 1.807) is 19.4 Å². The van der Waals surface area contributed by atoms with Gasteiger partial charge in [-0.3, -0.25) is 39.0 Å². The standard InChI is InChI=1S/C58H80F3N11O9/c1-36(77-4)49-43(23-39(26-63-49)67-15-14-66-16-19-78-30-40(66)28-67)51-44-25-56(2,3)35-80-55(76)45-10-7-13-72(65-45)54(75)46(24-41-29-68(17-20-79-41)38-11-12-48(42(44)22-38)71(51)34-58(59,60)61)64-52(73)50(37-8-5-6-9-37)69-18-21-81-57(31-69)32-70(33-57)53(74)47-27-62-47/h11-12,22-23,26,36-37,40-41,45-47,50,62,65H,5-10,13-21,24-25,27-35H2,1-4H3,(H,64,73)/t36-,40-,41-,45-,46-,47+,50?/m0/s1. The summed E-state index contributed by atoms with van der Waals surface area (Å²) in [6.07, 6.45) is 1.01. The van der Waals surface area contributed by atoms with E-state index in [4.69, 9.17) is 28.7 Å². The number of likely N-dealkylation sites (tertiary alicyclic amines) is 1. The number of morpholine rings is 3. The molecule has 3 aromatic rings. The van der Waals surface area contributed by atoms with E-state index in [1.165, 1.54) is 9.58 Å². The number of carbonyl (C=O) groups is 4. The molecule has 7 saturated heterocycles. The molecule has 2 aromatic heterocycles. The summed E-state index contributed by atoms with van der Waals surface area (Å²) in [4.78, 5) is 73.4. The number of rotatable bonds is 10. The second-order valence-electron chi connectivity index (χ2n) is 25.1. The lowest BCUT2D eigenvalue weighted by Crippen LogP contribution is -2.73. The molecule has 1 saturated carbocycles. The van der Waals surface area contributed by atoms with Crippen molar-refractivity contribution < 1.29 is 56.0 Å². The zero-order chi connectivity index (χ0) is 56.4. The normalized spacial score (nSPS) is 28.5. The first kappa shape index (κ1) is 56.3. The van der Waals surface area contributed by atoms with Crippen molar-refractivity contribution in [1.29, 1.82) is 0 Å². The predicted molar refractivity (Wildman–Crippen MR) is 294 cm³/mol. The van der Waals surface area contributed by atoms with Crippen molar-refractivity contribution in [3.63, 3.8) is 0 Å². The van der Waals surface area contributed by atoms with Crippen LogP contribution < -0.4 is 25.9 Å². The van der Waals surface area contributed by atoms with Gasteiger partial charge in [-0.15, -0.1) is 0 Å². The SMILES string of the molecule is CO[C@@H](C)c1ncc(N2CCN3CCOC[C@@H]3C2)cc1-c1c2c3cc(ccc3n1CC(F)(F)F)N1CCO[C@@H](C[C@H](NC(=O)C(C3CCCC3)N3CCOC4(CN(C(=O)[C@H]5CN5)C4)C3)C(=O)N3CCC[C@H](N3)C(=O)OCC(C)(C)C2)C1. The fourth-order valence-corrected chi connectivity index (χ4v) is 14.2. The van der Waals surface area contributed by atoms with Crippen LogP contribution >= 0.6 is 0 Å². The summed E-state index contributed by atoms with van der Waals surface area (Å²) >= 11 is 0. The van der Waals surface area contributed by atoms with Gasteiger partial charge in [-0.05, 0) is 74.8 Å². The maximum atomic E-state index is 15.3. The topological polar surface area (TPSA) is 198 Å². The van der Waals surface area contributed by atoms with Gasteiger partial charge in [-0.25, -0.2) is 5.43 Å². The number of nitrogens with one attached hydrogen (secondary N) is 3. The van der Waals surface area contributed by atoms with E-state index in [0.29, 0.717) is 138 Å². The number of hydrazine groups is 1.